The first kappa shape index (κ1) is 15.4. The number of phenolic OH excluding ortho intramolecular Hbond substituents is 1. The maximum absolute atomic E-state index is 13.3. The Kier molecular flexibility index (Phi) is 4.58. The van der Waals surface area contributed by atoms with Crippen molar-refractivity contribution >= 4 is 0 Å². The first-order chi connectivity index (χ1) is 9.88. The normalized spacial score (nSPS) is 14.0. The van der Waals surface area contributed by atoms with Crippen LogP contribution in [0.15, 0.2) is 36.4 Å². The number of aryl methyl sites for hydroxylation is 1. The molecule has 0 aliphatic rings. The van der Waals surface area contributed by atoms with Crippen LogP contribution in [0.2, 0.25) is 0 Å². The highest BCUT2D eigenvalue weighted by molar-refractivity contribution is 5.38. The van der Waals surface area contributed by atoms with Crippen LogP contribution < -0.4 is 5.32 Å². The van der Waals surface area contributed by atoms with Gasteiger partial charge < -0.3 is 10.4 Å². The van der Waals surface area contributed by atoms with Crippen molar-refractivity contribution in [1.82, 2.24) is 5.32 Å². The first-order valence-corrected chi connectivity index (χ1v) is 6.89. The number of hydrogen-bond donors (Lipinski definition) is 2. The van der Waals surface area contributed by atoms with E-state index in [1.54, 1.807) is 12.1 Å². The van der Waals surface area contributed by atoms with Crippen molar-refractivity contribution in [3.8, 4) is 5.75 Å². The minimum absolute atomic E-state index is 0.117. The van der Waals surface area contributed by atoms with Crippen molar-refractivity contribution in [2.45, 2.75) is 32.9 Å². The van der Waals surface area contributed by atoms with Gasteiger partial charge in [0, 0.05) is 17.6 Å². The SMILES string of the molecule is Cc1ccc(C(C)NC(C)c2ccc(F)c(F)c2)c(O)c1. The maximum Gasteiger partial charge on any atom is 0.159 e. The molecule has 21 heavy (non-hydrogen) atoms. The molecule has 0 aromatic heterocycles. The molecular formula is C17H19F2NO. The van der Waals surface area contributed by atoms with Crippen molar-refractivity contribution in [1.29, 1.82) is 0 Å². The summed E-state index contributed by atoms with van der Waals surface area (Å²) < 4.78 is 26.2. The van der Waals surface area contributed by atoms with Gasteiger partial charge in [-0.1, -0.05) is 18.2 Å². The lowest BCUT2D eigenvalue weighted by atomic mass is 10.0. The Morgan fingerprint density at radius 1 is 0.952 bits per heavy atom. The van der Waals surface area contributed by atoms with Gasteiger partial charge in [-0.15, -0.1) is 0 Å². The summed E-state index contributed by atoms with van der Waals surface area (Å²) in [5.41, 5.74) is 2.42. The molecule has 0 fully saturated rings. The number of nitrogens with one attached hydrogen (secondary N) is 1. The van der Waals surface area contributed by atoms with Crippen molar-refractivity contribution in [2.24, 2.45) is 0 Å². The summed E-state index contributed by atoms with van der Waals surface area (Å²) >= 11 is 0. The number of hydrogen-bond acceptors (Lipinski definition) is 2. The molecule has 112 valence electrons. The molecule has 2 unspecified atom stereocenters. The van der Waals surface area contributed by atoms with Gasteiger partial charge in [0.05, 0.1) is 0 Å². The second-order valence-corrected chi connectivity index (χ2v) is 5.35. The van der Waals surface area contributed by atoms with Crippen LogP contribution in [0.25, 0.3) is 0 Å². The van der Waals surface area contributed by atoms with Gasteiger partial charge in [-0.2, -0.15) is 0 Å². The van der Waals surface area contributed by atoms with E-state index in [0.29, 0.717) is 5.56 Å². The van der Waals surface area contributed by atoms with Gasteiger partial charge in [0.15, 0.2) is 11.6 Å². The van der Waals surface area contributed by atoms with Crippen LogP contribution in [-0.4, -0.2) is 5.11 Å². The lowest BCUT2D eigenvalue weighted by molar-refractivity contribution is 0.436. The molecule has 2 N–H and O–H groups in total. The lowest BCUT2D eigenvalue weighted by Gasteiger charge is -2.21. The molecule has 2 rings (SSSR count). The fourth-order valence-corrected chi connectivity index (χ4v) is 2.36. The number of halogens is 2. The number of benzene rings is 2. The minimum atomic E-state index is -0.855. The fourth-order valence-electron chi connectivity index (χ4n) is 2.36. The molecule has 0 aliphatic carbocycles. The van der Waals surface area contributed by atoms with Crippen LogP contribution in [0, 0.1) is 18.6 Å². The van der Waals surface area contributed by atoms with Crippen LogP contribution in [-0.2, 0) is 0 Å². The molecule has 2 aromatic rings. The summed E-state index contributed by atoms with van der Waals surface area (Å²) in [5, 5.41) is 13.2. The highest BCUT2D eigenvalue weighted by Gasteiger charge is 2.15. The molecule has 0 radical (unpaired) electrons. The highest BCUT2D eigenvalue weighted by atomic mass is 19.2. The molecule has 0 saturated carbocycles. The van der Waals surface area contributed by atoms with E-state index in [9.17, 15) is 13.9 Å². The first-order valence-electron chi connectivity index (χ1n) is 6.89. The molecule has 0 aliphatic heterocycles. The van der Waals surface area contributed by atoms with Gasteiger partial charge >= 0.3 is 0 Å². The van der Waals surface area contributed by atoms with Crippen LogP contribution in [0.5, 0.6) is 5.75 Å². The standard InChI is InChI=1S/C17H19F2NO/c1-10-4-6-14(17(21)8-10)12(3)20-11(2)13-5-7-15(18)16(19)9-13/h4-9,11-12,20-21H,1-3H3. The number of phenols is 1. The van der Waals surface area contributed by atoms with E-state index in [4.69, 9.17) is 0 Å². The van der Waals surface area contributed by atoms with Gasteiger partial charge in [0.2, 0.25) is 0 Å². The quantitative estimate of drug-likeness (QED) is 0.875. The monoisotopic (exact) mass is 291 g/mol. The number of rotatable bonds is 4. The second kappa shape index (κ2) is 6.22. The minimum Gasteiger partial charge on any atom is -0.508 e. The summed E-state index contributed by atoms with van der Waals surface area (Å²) in [6.07, 6.45) is 0. The van der Waals surface area contributed by atoms with Gasteiger partial charge in [0.25, 0.3) is 0 Å². The third-order valence-electron chi connectivity index (χ3n) is 3.60. The average molecular weight is 291 g/mol. The van der Waals surface area contributed by atoms with Crippen LogP contribution in [0.3, 0.4) is 0 Å². The molecule has 0 heterocycles. The van der Waals surface area contributed by atoms with Crippen molar-refractivity contribution in [3.63, 3.8) is 0 Å². The summed E-state index contributed by atoms with van der Waals surface area (Å²) in [6.45, 7) is 5.70. The average Bonchev–Trinajstić information content (AvgIpc) is 2.41. The zero-order valence-corrected chi connectivity index (χ0v) is 12.3. The molecule has 4 heteroatoms. The Morgan fingerprint density at radius 3 is 2.29 bits per heavy atom. The van der Waals surface area contributed by atoms with E-state index in [0.717, 1.165) is 17.2 Å². The molecule has 0 amide bonds. The topological polar surface area (TPSA) is 32.3 Å². The van der Waals surface area contributed by atoms with Crippen molar-refractivity contribution in [3.05, 3.63) is 64.7 Å². The third kappa shape index (κ3) is 3.58. The second-order valence-electron chi connectivity index (χ2n) is 5.35. The van der Waals surface area contributed by atoms with Gasteiger partial charge in [-0.25, -0.2) is 8.78 Å². The van der Waals surface area contributed by atoms with E-state index in [1.807, 2.05) is 32.9 Å². The molecule has 2 aromatic carbocycles. The molecule has 0 bridgehead atoms. The van der Waals surface area contributed by atoms with Gasteiger partial charge in [-0.05, 0) is 50.1 Å². The predicted molar refractivity (Wildman–Crippen MR) is 79.2 cm³/mol. The summed E-state index contributed by atoms with van der Waals surface area (Å²) in [5.74, 6) is -1.48. The Morgan fingerprint density at radius 2 is 1.67 bits per heavy atom. The van der Waals surface area contributed by atoms with Gasteiger partial charge in [0.1, 0.15) is 5.75 Å². The van der Waals surface area contributed by atoms with Crippen molar-refractivity contribution in [2.75, 3.05) is 0 Å². The zero-order valence-electron chi connectivity index (χ0n) is 12.3. The zero-order chi connectivity index (χ0) is 15.6. The largest absolute Gasteiger partial charge is 0.508 e. The lowest BCUT2D eigenvalue weighted by Crippen LogP contribution is -2.22. The van der Waals surface area contributed by atoms with E-state index >= 15 is 0 Å². The highest BCUT2D eigenvalue weighted by Crippen LogP contribution is 2.27. The molecule has 2 atom stereocenters. The summed E-state index contributed by atoms with van der Waals surface area (Å²) in [4.78, 5) is 0. The maximum atomic E-state index is 13.3. The molecule has 0 saturated heterocycles. The van der Waals surface area contributed by atoms with E-state index in [2.05, 4.69) is 5.32 Å². The summed E-state index contributed by atoms with van der Waals surface area (Å²) in [6, 6.07) is 9.07. The fraction of sp³-hybridized carbons (Fsp3) is 0.294. The van der Waals surface area contributed by atoms with E-state index < -0.39 is 11.6 Å². The molecular weight excluding hydrogens is 272 g/mol. The predicted octanol–water partition coefficient (Wildman–Crippen LogP) is 4.39. The Labute approximate surface area is 123 Å². The van der Waals surface area contributed by atoms with E-state index in [-0.39, 0.29) is 17.8 Å². The van der Waals surface area contributed by atoms with Crippen LogP contribution in [0.4, 0.5) is 8.78 Å². The van der Waals surface area contributed by atoms with E-state index in [1.165, 1.54) is 6.07 Å². The van der Waals surface area contributed by atoms with Crippen LogP contribution >= 0.6 is 0 Å². The molecule has 0 spiro atoms. The van der Waals surface area contributed by atoms with Crippen molar-refractivity contribution < 1.29 is 13.9 Å². The Bertz CT molecular complexity index is 643. The Balaban J connectivity index is 2.14. The number of aromatic hydroxyl groups is 1. The summed E-state index contributed by atoms with van der Waals surface area (Å²) in [7, 11) is 0. The van der Waals surface area contributed by atoms with Gasteiger partial charge in [-0.3, -0.25) is 0 Å². The molecule has 2 nitrogen and oxygen atoms in total. The Hall–Kier alpha value is -1.94. The van der Waals surface area contributed by atoms with Crippen LogP contribution in [0.1, 0.15) is 42.6 Å². The smallest absolute Gasteiger partial charge is 0.159 e. The third-order valence-corrected chi connectivity index (χ3v) is 3.60.